The maximum atomic E-state index is 9.16. The third-order valence-electron chi connectivity index (χ3n) is 1.41. The Hall–Kier alpha value is 0.01000. The Bertz CT molecular complexity index is 158. The molecule has 50 valence electrons. The highest BCUT2D eigenvalue weighted by Gasteiger charge is 2.03. The summed E-state index contributed by atoms with van der Waals surface area (Å²) in [6.45, 7) is 0. The molecule has 0 saturated heterocycles. The summed E-state index contributed by atoms with van der Waals surface area (Å²) in [4.78, 5) is 0. The maximum absolute atomic E-state index is 9.16. The molecule has 0 amide bonds. The highest BCUT2D eigenvalue weighted by molar-refractivity contribution is 14.1. The summed E-state index contributed by atoms with van der Waals surface area (Å²) in [7, 11) is 0. The fourth-order valence-corrected chi connectivity index (χ4v) is 1.61. The molecule has 0 aromatic carbocycles. The third-order valence-corrected chi connectivity index (χ3v) is 2.33. The van der Waals surface area contributed by atoms with Gasteiger partial charge in [0.1, 0.15) is 5.76 Å². The van der Waals surface area contributed by atoms with E-state index in [9.17, 15) is 0 Å². The Balaban J connectivity index is 2.72. The molecule has 0 aromatic heterocycles. The highest BCUT2D eigenvalue weighted by atomic mass is 127. The van der Waals surface area contributed by atoms with Crippen molar-refractivity contribution in [1.29, 1.82) is 0 Å². The van der Waals surface area contributed by atoms with Crippen molar-refractivity contribution < 1.29 is 5.11 Å². The average Bonchev–Trinajstić information content (AvgIpc) is 1.89. The lowest BCUT2D eigenvalue weighted by molar-refractivity contribution is 0.420. The summed E-state index contributed by atoms with van der Waals surface area (Å²) >= 11 is 2.27. The first-order chi connectivity index (χ1) is 4.34. The largest absolute Gasteiger partial charge is 0.508 e. The number of hydrogen-bond acceptors (Lipinski definition) is 1. The summed E-state index contributed by atoms with van der Waals surface area (Å²) in [6, 6.07) is 0. The lowest BCUT2D eigenvalue weighted by Gasteiger charge is -2.07. The van der Waals surface area contributed by atoms with Crippen molar-refractivity contribution in [2.45, 2.75) is 12.8 Å². The predicted octanol–water partition coefficient (Wildman–Crippen LogP) is 2.58. The number of rotatable bonds is 1. The fraction of sp³-hybridized carbons (Fsp3) is 0.429. The van der Waals surface area contributed by atoms with E-state index in [0.29, 0.717) is 5.76 Å². The second-order valence-corrected chi connectivity index (χ2v) is 2.83. The number of allylic oxidation sites excluding steroid dienone is 3. The maximum Gasteiger partial charge on any atom is 0.115 e. The zero-order valence-electron chi connectivity index (χ0n) is 5.10. The molecule has 0 spiro atoms. The van der Waals surface area contributed by atoms with Crippen LogP contribution in [0.2, 0.25) is 0 Å². The first-order valence-corrected chi connectivity index (χ1v) is 4.50. The summed E-state index contributed by atoms with van der Waals surface area (Å²) in [5.41, 5.74) is 1.18. The average molecular weight is 236 g/mol. The Kier molecular flexibility index (Phi) is 2.57. The van der Waals surface area contributed by atoms with Gasteiger partial charge in [0, 0.05) is 4.43 Å². The van der Waals surface area contributed by atoms with E-state index in [0.717, 1.165) is 17.3 Å². The fourth-order valence-electron chi connectivity index (χ4n) is 0.834. The number of aliphatic hydroxyl groups is 1. The van der Waals surface area contributed by atoms with Crippen molar-refractivity contribution in [3.63, 3.8) is 0 Å². The highest BCUT2D eigenvalue weighted by Crippen LogP contribution is 2.18. The normalized spacial score (nSPS) is 18.8. The van der Waals surface area contributed by atoms with Gasteiger partial charge >= 0.3 is 0 Å². The van der Waals surface area contributed by atoms with Crippen molar-refractivity contribution in [2.75, 3.05) is 4.43 Å². The van der Waals surface area contributed by atoms with Crippen LogP contribution in [0.5, 0.6) is 0 Å². The molecule has 0 heterocycles. The van der Waals surface area contributed by atoms with E-state index in [2.05, 4.69) is 22.6 Å². The van der Waals surface area contributed by atoms with E-state index in [1.54, 1.807) is 6.08 Å². The van der Waals surface area contributed by atoms with Gasteiger partial charge in [0.25, 0.3) is 0 Å². The van der Waals surface area contributed by atoms with Crippen molar-refractivity contribution in [1.82, 2.24) is 0 Å². The molecule has 1 rings (SSSR count). The minimum atomic E-state index is 0.482. The molecule has 9 heavy (non-hydrogen) atoms. The van der Waals surface area contributed by atoms with Gasteiger partial charge in [0.15, 0.2) is 0 Å². The predicted molar refractivity (Wildman–Crippen MR) is 46.9 cm³/mol. The molecule has 0 atom stereocenters. The molecule has 0 aliphatic heterocycles. The van der Waals surface area contributed by atoms with Crippen LogP contribution in [0.4, 0.5) is 0 Å². The van der Waals surface area contributed by atoms with Crippen LogP contribution in [-0.2, 0) is 0 Å². The minimum Gasteiger partial charge on any atom is -0.508 e. The molecular weight excluding hydrogens is 227 g/mol. The third kappa shape index (κ3) is 1.71. The van der Waals surface area contributed by atoms with E-state index in [1.165, 1.54) is 5.57 Å². The van der Waals surface area contributed by atoms with Gasteiger partial charge in [-0.15, -0.1) is 0 Å². The number of halogens is 1. The topological polar surface area (TPSA) is 20.2 Å². The summed E-state index contributed by atoms with van der Waals surface area (Å²) in [5.74, 6) is 0.482. The van der Waals surface area contributed by atoms with Crippen molar-refractivity contribution in [3.8, 4) is 0 Å². The second-order valence-electron chi connectivity index (χ2n) is 2.06. The van der Waals surface area contributed by atoms with Gasteiger partial charge in [0.2, 0.25) is 0 Å². The van der Waals surface area contributed by atoms with E-state index in [4.69, 9.17) is 5.11 Å². The molecule has 0 saturated carbocycles. The SMILES string of the molecule is OC1=C(CI)CCC=C1. The van der Waals surface area contributed by atoms with E-state index in [-0.39, 0.29) is 0 Å². The number of aliphatic hydroxyl groups excluding tert-OH is 1. The van der Waals surface area contributed by atoms with Crippen molar-refractivity contribution in [2.24, 2.45) is 0 Å². The number of alkyl halides is 1. The van der Waals surface area contributed by atoms with Crippen LogP contribution in [0, 0.1) is 0 Å². The monoisotopic (exact) mass is 236 g/mol. The van der Waals surface area contributed by atoms with Gasteiger partial charge in [-0.05, 0) is 24.5 Å². The summed E-state index contributed by atoms with van der Waals surface area (Å²) < 4.78 is 0.952. The Morgan fingerprint density at radius 2 is 2.44 bits per heavy atom. The van der Waals surface area contributed by atoms with Gasteiger partial charge in [-0.2, -0.15) is 0 Å². The Morgan fingerprint density at radius 3 is 2.89 bits per heavy atom. The van der Waals surface area contributed by atoms with Crippen LogP contribution in [0.15, 0.2) is 23.5 Å². The van der Waals surface area contributed by atoms with Crippen molar-refractivity contribution in [3.05, 3.63) is 23.5 Å². The lowest BCUT2D eigenvalue weighted by atomic mass is 10.1. The number of hydrogen-bond donors (Lipinski definition) is 1. The molecule has 0 aromatic rings. The van der Waals surface area contributed by atoms with Gasteiger partial charge in [0.05, 0.1) is 0 Å². The summed E-state index contributed by atoms with van der Waals surface area (Å²) in [5, 5.41) is 9.16. The standard InChI is InChI=1S/C7H9IO/c8-5-6-3-1-2-4-7(6)9/h2,4,9H,1,3,5H2. The van der Waals surface area contributed by atoms with E-state index in [1.807, 2.05) is 6.08 Å². The lowest BCUT2D eigenvalue weighted by Crippen LogP contribution is -1.94. The molecule has 0 bridgehead atoms. The van der Waals surface area contributed by atoms with Crippen LogP contribution >= 0.6 is 22.6 Å². The quantitative estimate of drug-likeness (QED) is 0.548. The van der Waals surface area contributed by atoms with Crippen LogP contribution in [0.1, 0.15) is 12.8 Å². The van der Waals surface area contributed by atoms with Crippen LogP contribution in [-0.4, -0.2) is 9.53 Å². The van der Waals surface area contributed by atoms with Gasteiger partial charge in [-0.1, -0.05) is 28.7 Å². The first kappa shape index (κ1) is 7.12. The van der Waals surface area contributed by atoms with Gasteiger partial charge in [-0.3, -0.25) is 0 Å². The molecule has 2 heteroatoms. The van der Waals surface area contributed by atoms with E-state index < -0.39 is 0 Å². The van der Waals surface area contributed by atoms with Crippen molar-refractivity contribution >= 4 is 22.6 Å². The first-order valence-electron chi connectivity index (χ1n) is 2.98. The Labute approximate surface area is 68.6 Å². The molecule has 0 fully saturated rings. The summed E-state index contributed by atoms with van der Waals surface area (Å²) in [6.07, 6.45) is 5.91. The molecule has 1 aliphatic carbocycles. The Morgan fingerprint density at radius 1 is 1.67 bits per heavy atom. The second kappa shape index (κ2) is 3.25. The van der Waals surface area contributed by atoms with Crippen LogP contribution < -0.4 is 0 Å². The van der Waals surface area contributed by atoms with Gasteiger partial charge in [-0.25, -0.2) is 0 Å². The van der Waals surface area contributed by atoms with Gasteiger partial charge < -0.3 is 5.11 Å². The minimum absolute atomic E-state index is 0.482. The molecular formula is C7H9IO. The zero-order valence-corrected chi connectivity index (χ0v) is 7.26. The zero-order chi connectivity index (χ0) is 6.69. The molecule has 0 unspecified atom stereocenters. The van der Waals surface area contributed by atoms with Crippen LogP contribution in [0.3, 0.4) is 0 Å². The van der Waals surface area contributed by atoms with E-state index >= 15 is 0 Å². The molecule has 1 nitrogen and oxygen atoms in total. The molecule has 1 N–H and O–H groups in total. The molecule has 1 aliphatic rings. The molecule has 0 radical (unpaired) electrons. The van der Waals surface area contributed by atoms with Crippen LogP contribution in [0.25, 0.3) is 0 Å². The smallest absolute Gasteiger partial charge is 0.115 e.